The molecule has 0 spiro atoms. The van der Waals surface area contributed by atoms with E-state index >= 15 is 0 Å². The lowest BCUT2D eigenvalue weighted by Crippen LogP contribution is -2.00. The van der Waals surface area contributed by atoms with Crippen molar-refractivity contribution in [3.8, 4) is 0 Å². The van der Waals surface area contributed by atoms with E-state index in [1.807, 2.05) is 0 Å². The Morgan fingerprint density at radius 1 is 1.00 bits per heavy atom. The monoisotopic (exact) mass is 242 g/mol. The first-order valence-electron chi connectivity index (χ1n) is 7.06. The second-order valence-corrected chi connectivity index (χ2v) is 5.27. The quantitative estimate of drug-likeness (QED) is 0.536. The lowest BCUT2D eigenvalue weighted by molar-refractivity contribution is 0.501. The molecule has 0 bridgehead atoms. The van der Waals surface area contributed by atoms with Crippen molar-refractivity contribution in [2.75, 3.05) is 0 Å². The first-order valence-corrected chi connectivity index (χ1v) is 7.06. The summed E-state index contributed by atoms with van der Waals surface area (Å²) in [6.07, 6.45) is 12.3. The van der Waals surface area contributed by atoms with Gasteiger partial charge in [-0.2, -0.15) is 0 Å². The first kappa shape index (κ1) is 14.8. The second-order valence-electron chi connectivity index (χ2n) is 5.27. The lowest BCUT2D eigenvalue weighted by atomic mass is 9.89. The summed E-state index contributed by atoms with van der Waals surface area (Å²) in [6.45, 7) is 6.66. The Hall–Kier alpha value is -1.30. The van der Waals surface area contributed by atoms with Gasteiger partial charge in [-0.25, -0.2) is 0 Å². The molecule has 18 heavy (non-hydrogen) atoms. The molecule has 0 nitrogen and oxygen atoms in total. The SMILES string of the molecule is C/C=C\C=C/CC(CCC(C)C)c1ccccc1. The Labute approximate surface area is 112 Å². The molecule has 0 fully saturated rings. The van der Waals surface area contributed by atoms with Gasteiger partial charge in [0.05, 0.1) is 0 Å². The Kier molecular flexibility index (Phi) is 7.17. The maximum Gasteiger partial charge on any atom is -0.0127 e. The molecule has 0 saturated heterocycles. The van der Waals surface area contributed by atoms with Gasteiger partial charge in [-0.3, -0.25) is 0 Å². The third kappa shape index (κ3) is 5.86. The van der Waals surface area contributed by atoms with E-state index in [0.717, 1.165) is 12.3 Å². The largest absolute Gasteiger partial charge is 0.0877 e. The van der Waals surface area contributed by atoms with Crippen LogP contribution in [-0.2, 0) is 0 Å². The van der Waals surface area contributed by atoms with E-state index in [0.29, 0.717) is 5.92 Å². The average molecular weight is 242 g/mol. The number of allylic oxidation sites excluding steroid dienone is 4. The van der Waals surface area contributed by atoms with Gasteiger partial charge in [0.1, 0.15) is 0 Å². The zero-order valence-electron chi connectivity index (χ0n) is 12.0. The molecule has 0 aliphatic heterocycles. The van der Waals surface area contributed by atoms with Gasteiger partial charge in [0.25, 0.3) is 0 Å². The molecule has 1 atom stereocenters. The normalized spacial score (nSPS) is 13.8. The molecule has 98 valence electrons. The highest BCUT2D eigenvalue weighted by Crippen LogP contribution is 2.27. The van der Waals surface area contributed by atoms with E-state index in [4.69, 9.17) is 0 Å². The molecule has 0 aliphatic carbocycles. The van der Waals surface area contributed by atoms with E-state index in [2.05, 4.69) is 75.4 Å². The molecule has 1 unspecified atom stereocenters. The maximum atomic E-state index is 2.30. The highest BCUT2D eigenvalue weighted by Gasteiger charge is 2.10. The average Bonchev–Trinajstić information content (AvgIpc) is 2.38. The molecule has 0 saturated carbocycles. The van der Waals surface area contributed by atoms with Gasteiger partial charge < -0.3 is 0 Å². The molecule has 0 N–H and O–H groups in total. The van der Waals surface area contributed by atoms with Crippen LogP contribution in [0.5, 0.6) is 0 Å². The van der Waals surface area contributed by atoms with Crippen molar-refractivity contribution in [2.24, 2.45) is 5.92 Å². The molecular weight excluding hydrogens is 216 g/mol. The predicted octanol–water partition coefficient (Wildman–Crippen LogP) is 5.73. The van der Waals surface area contributed by atoms with E-state index < -0.39 is 0 Å². The molecular formula is C18H26. The summed E-state index contributed by atoms with van der Waals surface area (Å²) in [5.74, 6) is 1.45. The smallest absolute Gasteiger partial charge is 0.0127 e. The number of rotatable bonds is 7. The van der Waals surface area contributed by atoms with Crippen LogP contribution in [-0.4, -0.2) is 0 Å². The van der Waals surface area contributed by atoms with Crippen molar-refractivity contribution < 1.29 is 0 Å². The van der Waals surface area contributed by atoms with Gasteiger partial charge in [0.2, 0.25) is 0 Å². The minimum absolute atomic E-state index is 0.662. The summed E-state index contributed by atoms with van der Waals surface area (Å²) in [5, 5.41) is 0. The van der Waals surface area contributed by atoms with Crippen LogP contribution in [0.25, 0.3) is 0 Å². The molecule has 0 amide bonds. The van der Waals surface area contributed by atoms with Crippen molar-refractivity contribution in [1.82, 2.24) is 0 Å². The highest BCUT2D eigenvalue weighted by atomic mass is 14.1. The Balaban J connectivity index is 2.63. The fourth-order valence-electron chi connectivity index (χ4n) is 2.11. The molecule has 1 aromatic rings. The van der Waals surface area contributed by atoms with Crippen LogP contribution in [0.2, 0.25) is 0 Å². The van der Waals surface area contributed by atoms with Crippen molar-refractivity contribution >= 4 is 0 Å². The van der Waals surface area contributed by atoms with Crippen LogP contribution in [0, 0.1) is 5.92 Å². The van der Waals surface area contributed by atoms with Crippen LogP contribution in [0.4, 0.5) is 0 Å². The Morgan fingerprint density at radius 3 is 2.33 bits per heavy atom. The van der Waals surface area contributed by atoms with Gasteiger partial charge in [0, 0.05) is 0 Å². The lowest BCUT2D eigenvalue weighted by Gasteiger charge is -2.16. The summed E-state index contributed by atoms with van der Waals surface area (Å²) in [4.78, 5) is 0. The van der Waals surface area contributed by atoms with E-state index in [-0.39, 0.29) is 0 Å². The number of hydrogen-bond acceptors (Lipinski definition) is 0. The van der Waals surface area contributed by atoms with Crippen LogP contribution in [0.15, 0.2) is 54.6 Å². The standard InChI is InChI=1S/C18H26/c1-4-5-6-8-13-18(15-14-16(2)3)17-11-9-7-10-12-17/h4-12,16,18H,13-15H2,1-3H3/b5-4-,8-6-. The van der Waals surface area contributed by atoms with Gasteiger partial charge in [-0.05, 0) is 37.2 Å². The van der Waals surface area contributed by atoms with Gasteiger partial charge in [-0.15, -0.1) is 0 Å². The summed E-state index contributed by atoms with van der Waals surface area (Å²) in [6, 6.07) is 10.9. The third-order valence-corrected chi connectivity index (χ3v) is 3.22. The molecule has 1 aromatic carbocycles. The van der Waals surface area contributed by atoms with Crippen LogP contribution in [0.1, 0.15) is 51.5 Å². The van der Waals surface area contributed by atoms with Gasteiger partial charge in [0.15, 0.2) is 0 Å². The Morgan fingerprint density at radius 2 is 1.72 bits per heavy atom. The molecule has 0 radical (unpaired) electrons. The minimum atomic E-state index is 0.662. The van der Waals surface area contributed by atoms with Crippen molar-refractivity contribution in [3.63, 3.8) is 0 Å². The zero-order valence-corrected chi connectivity index (χ0v) is 12.0. The van der Waals surface area contributed by atoms with Crippen LogP contribution < -0.4 is 0 Å². The van der Waals surface area contributed by atoms with Gasteiger partial charge >= 0.3 is 0 Å². The Bertz CT molecular complexity index is 357. The van der Waals surface area contributed by atoms with Crippen LogP contribution >= 0.6 is 0 Å². The predicted molar refractivity (Wildman–Crippen MR) is 81.8 cm³/mol. The summed E-state index contributed by atoms with van der Waals surface area (Å²) < 4.78 is 0. The third-order valence-electron chi connectivity index (χ3n) is 3.22. The zero-order chi connectivity index (χ0) is 13.2. The highest BCUT2D eigenvalue weighted by molar-refractivity contribution is 5.20. The molecule has 0 heteroatoms. The van der Waals surface area contributed by atoms with E-state index in [1.165, 1.54) is 18.4 Å². The van der Waals surface area contributed by atoms with E-state index in [9.17, 15) is 0 Å². The fraction of sp³-hybridized carbons (Fsp3) is 0.444. The molecule has 0 aliphatic rings. The van der Waals surface area contributed by atoms with Crippen molar-refractivity contribution in [2.45, 2.75) is 46.0 Å². The van der Waals surface area contributed by atoms with Crippen molar-refractivity contribution in [3.05, 3.63) is 60.2 Å². The number of hydrogen-bond donors (Lipinski definition) is 0. The summed E-state index contributed by atoms with van der Waals surface area (Å²) in [7, 11) is 0. The van der Waals surface area contributed by atoms with Gasteiger partial charge in [-0.1, -0.05) is 74.9 Å². The second kappa shape index (κ2) is 8.74. The summed E-state index contributed by atoms with van der Waals surface area (Å²) in [5.41, 5.74) is 1.48. The molecule has 0 heterocycles. The maximum absolute atomic E-state index is 2.30. The van der Waals surface area contributed by atoms with E-state index in [1.54, 1.807) is 0 Å². The summed E-state index contributed by atoms with van der Waals surface area (Å²) >= 11 is 0. The van der Waals surface area contributed by atoms with Crippen molar-refractivity contribution in [1.29, 1.82) is 0 Å². The van der Waals surface area contributed by atoms with Crippen LogP contribution in [0.3, 0.4) is 0 Å². The molecule has 0 aromatic heterocycles. The minimum Gasteiger partial charge on any atom is -0.0877 e. The number of benzene rings is 1. The first-order chi connectivity index (χ1) is 8.74. The topological polar surface area (TPSA) is 0 Å². The molecule has 1 rings (SSSR count). The fourth-order valence-corrected chi connectivity index (χ4v) is 2.11.